The molecule has 0 saturated carbocycles. The molecule has 0 saturated heterocycles. The van der Waals surface area contributed by atoms with E-state index < -0.39 is 0 Å². The van der Waals surface area contributed by atoms with E-state index in [9.17, 15) is 0 Å². The van der Waals surface area contributed by atoms with E-state index in [0.29, 0.717) is 0 Å². The summed E-state index contributed by atoms with van der Waals surface area (Å²) in [6.45, 7) is 1.98. The van der Waals surface area contributed by atoms with Gasteiger partial charge in [-0.2, -0.15) is 5.10 Å². The molecule has 0 spiro atoms. The van der Waals surface area contributed by atoms with Crippen LogP contribution in [-0.4, -0.2) is 27.9 Å². The summed E-state index contributed by atoms with van der Waals surface area (Å²) in [6.07, 6.45) is 7.61. The predicted molar refractivity (Wildman–Crippen MR) is 67.7 cm³/mol. The van der Waals surface area contributed by atoms with Crippen LogP contribution in [0.4, 0.5) is 0 Å². The Balaban J connectivity index is 1.63. The molecule has 2 aromatic heterocycles. The Kier molecular flexibility index (Phi) is 4.27. The van der Waals surface area contributed by atoms with Crippen molar-refractivity contribution >= 4 is 0 Å². The minimum atomic E-state index is 0.986. The molecule has 2 rings (SSSR count). The molecule has 0 aliphatic heterocycles. The average Bonchev–Trinajstić information content (AvgIpc) is 2.76. The lowest BCUT2D eigenvalue weighted by Crippen LogP contribution is -2.21. The summed E-state index contributed by atoms with van der Waals surface area (Å²) in [6, 6.07) is 6.14. The molecule has 0 aromatic carbocycles. The first kappa shape index (κ1) is 11.8. The van der Waals surface area contributed by atoms with E-state index in [4.69, 9.17) is 0 Å². The second-order valence-corrected chi connectivity index (χ2v) is 4.06. The lowest BCUT2D eigenvalue weighted by atomic mass is 10.2. The molecule has 0 fully saturated rings. The fourth-order valence-electron chi connectivity index (χ4n) is 1.77. The second-order valence-electron chi connectivity index (χ2n) is 4.06. The van der Waals surface area contributed by atoms with Crippen LogP contribution in [0.2, 0.25) is 0 Å². The molecule has 0 radical (unpaired) electrons. The third-order valence-electron chi connectivity index (χ3n) is 2.79. The van der Waals surface area contributed by atoms with Crippen molar-refractivity contribution in [1.82, 2.24) is 20.1 Å². The van der Waals surface area contributed by atoms with E-state index in [1.165, 1.54) is 11.3 Å². The van der Waals surface area contributed by atoms with Gasteiger partial charge in [-0.05, 0) is 30.7 Å². The third kappa shape index (κ3) is 3.67. The van der Waals surface area contributed by atoms with Crippen LogP contribution in [0.25, 0.3) is 0 Å². The summed E-state index contributed by atoms with van der Waals surface area (Å²) in [5.74, 6) is 0. The Bertz CT molecular complexity index is 436. The number of rotatable bonds is 6. The SMILES string of the molecule is Cn1nccc1CCNCCc1cccnc1. The van der Waals surface area contributed by atoms with Gasteiger partial charge in [-0.15, -0.1) is 0 Å². The van der Waals surface area contributed by atoms with Gasteiger partial charge >= 0.3 is 0 Å². The van der Waals surface area contributed by atoms with Crippen LogP contribution in [0.1, 0.15) is 11.3 Å². The van der Waals surface area contributed by atoms with Gasteiger partial charge in [0.1, 0.15) is 0 Å². The smallest absolute Gasteiger partial charge is 0.0492 e. The Morgan fingerprint density at radius 2 is 2.06 bits per heavy atom. The molecule has 2 aromatic rings. The average molecular weight is 230 g/mol. The van der Waals surface area contributed by atoms with Crippen molar-refractivity contribution in [2.75, 3.05) is 13.1 Å². The van der Waals surface area contributed by atoms with Gasteiger partial charge in [0.05, 0.1) is 0 Å². The minimum absolute atomic E-state index is 0.986. The van der Waals surface area contributed by atoms with Crippen molar-refractivity contribution in [1.29, 1.82) is 0 Å². The van der Waals surface area contributed by atoms with E-state index in [2.05, 4.69) is 27.5 Å². The zero-order valence-corrected chi connectivity index (χ0v) is 10.1. The van der Waals surface area contributed by atoms with Gasteiger partial charge in [0.15, 0.2) is 0 Å². The number of nitrogens with one attached hydrogen (secondary N) is 1. The zero-order valence-electron chi connectivity index (χ0n) is 10.1. The highest BCUT2D eigenvalue weighted by atomic mass is 15.3. The van der Waals surface area contributed by atoms with Crippen LogP contribution < -0.4 is 5.32 Å². The standard InChI is InChI=1S/C13H18N4/c1-17-13(6-10-16-17)5-9-14-8-4-12-3-2-7-15-11-12/h2-3,6-7,10-11,14H,4-5,8-9H2,1H3. The van der Waals surface area contributed by atoms with Crippen molar-refractivity contribution in [2.45, 2.75) is 12.8 Å². The summed E-state index contributed by atoms with van der Waals surface area (Å²) in [5, 5.41) is 7.57. The van der Waals surface area contributed by atoms with E-state index >= 15 is 0 Å². The van der Waals surface area contributed by atoms with Crippen molar-refractivity contribution in [2.24, 2.45) is 7.05 Å². The molecular weight excluding hydrogens is 212 g/mol. The van der Waals surface area contributed by atoms with Gasteiger partial charge in [0, 0.05) is 44.3 Å². The number of aryl methyl sites for hydroxylation is 1. The lowest BCUT2D eigenvalue weighted by Gasteiger charge is -2.05. The molecule has 0 amide bonds. The molecule has 0 aliphatic carbocycles. The Labute approximate surface area is 102 Å². The van der Waals surface area contributed by atoms with E-state index in [-0.39, 0.29) is 0 Å². The van der Waals surface area contributed by atoms with Gasteiger partial charge in [-0.1, -0.05) is 6.07 Å². The molecule has 0 aliphatic rings. The predicted octanol–water partition coefficient (Wildman–Crippen LogP) is 1.19. The van der Waals surface area contributed by atoms with Gasteiger partial charge in [0.25, 0.3) is 0 Å². The quantitative estimate of drug-likeness (QED) is 0.758. The number of aromatic nitrogens is 3. The second kappa shape index (κ2) is 6.15. The first-order chi connectivity index (χ1) is 8.36. The van der Waals surface area contributed by atoms with Crippen LogP contribution in [0.3, 0.4) is 0 Å². The van der Waals surface area contributed by atoms with Crippen LogP contribution >= 0.6 is 0 Å². The highest BCUT2D eigenvalue weighted by Crippen LogP contribution is 1.97. The molecule has 17 heavy (non-hydrogen) atoms. The molecular formula is C13H18N4. The molecule has 0 atom stereocenters. The molecule has 0 unspecified atom stereocenters. The van der Waals surface area contributed by atoms with Gasteiger partial charge in [-0.25, -0.2) is 0 Å². The number of nitrogens with zero attached hydrogens (tertiary/aromatic N) is 3. The zero-order chi connectivity index (χ0) is 11.9. The molecule has 90 valence electrons. The first-order valence-electron chi connectivity index (χ1n) is 5.93. The topological polar surface area (TPSA) is 42.7 Å². The lowest BCUT2D eigenvalue weighted by molar-refractivity contribution is 0.641. The summed E-state index contributed by atoms with van der Waals surface area (Å²) in [4.78, 5) is 4.10. The monoisotopic (exact) mass is 230 g/mol. The summed E-state index contributed by atoms with van der Waals surface area (Å²) in [5.41, 5.74) is 2.54. The Morgan fingerprint density at radius 1 is 1.18 bits per heavy atom. The normalized spacial score (nSPS) is 10.6. The fraction of sp³-hybridized carbons (Fsp3) is 0.385. The summed E-state index contributed by atoms with van der Waals surface area (Å²) in [7, 11) is 1.98. The molecule has 2 heterocycles. The highest BCUT2D eigenvalue weighted by molar-refractivity contribution is 5.08. The summed E-state index contributed by atoms with van der Waals surface area (Å²) >= 11 is 0. The molecule has 4 nitrogen and oxygen atoms in total. The van der Waals surface area contributed by atoms with Crippen LogP contribution in [-0.2, 0) is 19.9 Å². The maximum absolute atomic E-state index is 4.14. The van der Waals surface area contributed by atoms with Gasteiger partial charge in [0.2, 0.25) is 0 Å². The molecule has 4 heteroatoms. The van der Waals surface area contributed by atoms with Crippen molar-refractivity contribution in [3.63, 3.8) is 0 Å². The van der Waals surface area contributed by atoms with E-state index in [1.807, 2.05) is 30.2 Å². The van der Waals surface area contributed by atoms with E-state index in [1.54, 1.807) is 6.20 Å². The molecule has 0 bridgehead atoms. The Morgan fingerprint density at radius 3 is 2.76 bits per heavy atom. The van der Waals surface area contributed by atoms with Gasteiger partial charge in [-0.3, -0.25) is 9.67 Å². The van der Waals surface area contributed by atoms with Gasteiger partial charge < -0.3 is 5.32 Å². The van der Waals surface area contributed by atoms with Crippen molar-refractivity contribution < 1.29 is 0 Å². The van der Waals surface area contributed by atoms with Crippen LogP contribution in [0, 0.1) is 0 Å². The first-order valence-corrected chi connectivity index (χ1v) is 5.93. The number of hydrogen-bond acceptors (Lipinski definition) is 3. The number of hydrogen-bond donors (Lipinski definition) is 1. The van der Waals surface area contributed by atoms with Crippen LogP contribution in [0.5, 0.6) is 0 Å². The van der Waals surface area contributed by atoms with Crippen LogP contribution in [0.15, 0.2) is 36.8 Å². The third-order valence-corrected chi connectivity index (χ3v) is 2.79. The fourth-order valence-corrected chi connectivity index (χ4v) is 1.77. The maximum Gasteiger partial charge on any atom is 0.0492 e. The summed E-state index contributed by atoms with van der Waals surface area (Å²) < 4.78 is 1.92. The Hall–Kier alpha value is -1.68. The highest BCUT2D eigenvalue weighted by Gasteiger charge is 1.97. The number of pyridine rings is 1. The largest absolute Gasteiger partial charge is 0.316 e. The molecule has 1 N–H and O–H groups in total. The van der Waals surface area contributed by atoms with Crippen molar-refractivity contribution in [3.8, 4) is 0 Å². The van der Waals surface area contributed by atoms with Crippen molar-refractivity contribution in [3.05, 3.63) is 48.0 Å². The van der Waals surface area contributed by atoms with E-state index in [0.717, 1.165) is 25.9 Å². The minimum Gasteiger partial charge on any atom is -0.316 e. The maximum atomic E-state index is 4.14.